The highest BCUT2D eigenvalue weighted by Gasteiger charge is 2.21. The van der Waals surface area contributed by atoms with E-state index in [0.29, 0.717) is 19.0 Å². The highest BCUT2D eigenvalue weighted by Crippen LogP contribution is 2.16. The zero-order valence-electron chi connectivity index (χ0n) is 8.48. The van der Waals surface area contributed by atoms with Gasteiger partial charge >= 0.3 is 0 Å². The van der Waals surface area contributed by atoms with Crippen molar-refractivity contribution in [3.63, 3.8) is 0 Å². The van der Waals surface area contributed by atoms with Gasteiger partial charge in [-0.3, -0.25) is 4.79 Å². The van der Waals surface area contributed by atoms with Crippen LogP contribution < -0.4 is 5.32 Å². The Hall–Kier alpha value is -1.42. The first-order valence-electron chi connectivity index (χ1n) is 5.16. The van der Waals surface area contributed by atoms with Crippen molar-refractivity contribution in [2.24, 2.45) is 5.92 Å². The van der Waals surface area contributed by atoms with Gasteiger partial charge < -0.3 is 10.1 Å². The molecule has 1 aliphatic rings. The highest BCUT2D eigenvalue weighted by atomic mass is 16.5. The van der Waals surface area contributed by atoms with Crippen LogP contribution in [0.25, 0.3) is 0 Å². The average molecular weight is 206 g/mol. The fraction of sp³-hybridized carbons (Fsp3) is 0.455. The van der Waals surface area contributed by atoms with Gasteiger partial charge in [0.2, 0.25) is 5.91 Å². The summed E-state index contributed by atoms with van der Waals surface area (Å²) < 4.78 is 5.20. The molecule has 1 aliphatic heterocycles. The van der Waals surface area contributed by atoms with Gasteiger partial charge in [0.15, 0.2) is 0 Å². The molecule has 1 N–H and O–H groups in total. The number of amides is 1. The largest absolute Gasteiger partial charge is 0.381 e. The minimum Gasteiger partial charge on any atom is -0.381 e. The molecule has 80 valence electrons. The number of hydrogen-bond donors (Lipinski definition) is 1. The zero-order valence-corrected chi connectivity index (χ0v) is 8.48. The third-order valence-corrected chi connectivity index (χ3v) is 2.51. The Morgan fingerprint density at radius 2 is 2.20 bits per heavy atom. The summed E-state index contributed by atoms with van der Waals surface area (Å²) in [6.45, 7) is 1.36. The third kappa shape index (κ3) is 2.76. The van der Waals surface area contributed by atoms with Crippen molar-refractivity contribution in [1.29, 1.82) is 0 Å². The average Bonchev–Trinajstić information content (AvgIpc) is 2.31. The lowest BCUT2D eigenvalue weighted by Crippen LogP contribution is -2.28. The standard InChI is InChI=1S/C11H14N2O2/c14-11(9-4-7-15-8-5-9)13-10-3-1-2-6-12-10/h1-3,6,9H,4-5,7-8H2,(H,12,13,14). The van der Waals surface area contributed by atoms with Crippen LogP contribution in [0, 0.1) is 5.92 Å². The van der Waals surface area contributed by atoms with Gasteiger partial charge in [-0.05, 0) is 25.0 Å². The van der Waals surface area contributed by atoms with Gasteiger partial charge in [0.05, 0.1) is 0 Å². The second kappa shape index (κ2) is 4.89. The van der Waals surface area contributed by atoms with E-state index in [1.54, 1.807) is 12.3 Å². The summed E-state index contributed by atoms with van der Waals surface area (Å²) in [6.07, 6.45) is 3.27. The Kier molecular flexibility index (Phi) is 3.29. The molecule has 1 aromatic heterocycles. The van der Waals surface area contributed by atoms with Crippen molar-refractivity contribution in [3.8, 4) is 0 Å². The van der Waals surface area contributed by atoms with E-state index in [1.807, 2.05) is 12.1 Å². The molecule has 0 saturated carbocycles. The van der Waals surface area contributed by atoms with Gasteiger partial charge in [0.25, 0.3) is 0 Å². The predicted octanol–water partition coefficient (Wildman–Crippen LogP) is 1.45. The molecule has 4 nitrogen and oxygen atoms in total. The molecular formula is C11H14N2O2. The molecule has 0 aliphatic carbocycles. The molecule has 2 heterocycles. The van der Waals surface area contributed by atoms with Crippen molar-refractivity contribution in [1.82, 2.24) is 4.98 Å². The number of pyridine rings is 1. The van der Waals surface area contributed by atoms with E-state index in [-0.39, 0.29) is 11.8 Å². The highest BCUT2D eigenvalue weighted by molar-refractivity contribution is 5.91. The third-order valence-electron chi connectivity index (χ3n) is 2.51. The second-order valence-electron chi connectivity index (χ2n) is 3.59. The van der Waals surface area contributed by atoms with Crippen LogP contribution >= 0.6 is 0 Å². The summed E-state index contributed by atoms with van der Waals surface area (Å²) in [5.41, 5.74) is 0. The molecule has 0 aromatic carbocycles. The molecule has 1 fully saturated rings. The number of ether oxygens (including phenoxy) is 1. The summed E-state index contributed by atoms with van der Waals surface area (Å²) in [7, 11) is 0. The van der Waals surface area contributed by atoms with E-state index in [0.717, 1.165) is 12.8 Å². The number of nitrogens with one attached hydrogen (secondary N) is 1. The maximum absolute atomic E-state index is 11.8. The van der Waals surface area contributed by atoms with Crippen molar-refractivity contribution in [2.45, 2.75) is 12.8 Å². The smallest absolute Gasteiger partial charge is 0.228 e. The molecule has 1 amide bonds. The lowest BCUT2D eigenvalue weighted by atomic mass is 9.99. The summed E-state index contributed by atoms with van der Waals surface area (Å²) >= 11 is 0. The van der Waals surface area contributed by atoms with Crippen LogP contribution in [0.2, 0.25) is 0 Å². The topological polar surface area (TPSA) is 51.2 Å². The molecule has 2 rings (SSSR count). The molecule has 0 bridgehead atoms. The van der Waals surface area contributed by atoms with Crippen molar-refractivity contribution in [3.05, 3.63) is 24.4 Å². The Balaban J connectivity index is 1.91. The summed E-state index contributed by atoms with van der Waals surface area (Å²) in [5, 5.41) is 2.81. The van der Waals surface area contributed by atoms with Gasteiger partial charge in [0, 0.05) is 25.3 Å². The molecule has 4 heteroatoms. The van der Waals surface area contributed by atoms with Crippen LogP contribution in [0.4, 0.5) is 5.82 Å². The molecule has 15 heavy (non-hydrogen) atoms. The summed E-state index contributed by atoms with van der Waals surface area (Å²) in [5.74, 6) is 0.742. The van der Waals surface area contributed by atoms with Gasteiger partial charge in [-0.15, -0.1) is 0 Å². The minimum atomic E-state index is 0.0528. The Morgan fingerprint density at radius 1 is 1.40 bits per heavy atom. The van der Waals surface area contributed by atoms with Gasteiger partial charge in [-0.1, -0.05) is 6.07 Å². The van der Waals surface area contributed by atoms with Crippen LogP contribution in [-0.2, 0) is 9.53 Å². The number of carbonyl (C=O) groups excluding carboxylic acids is 1. The zero-order chi connectivity index (χ0) is 10.5. The molecule has 1 aromatic rings. The summed E-state index contributed by atoms with van der Waals surface area (Å²) in [4.78, 5) is 15.8. The lowest BCUT2D eigenvalue weighted by molar-refractivity contribution is -0.122. The second-order valence-corrected chi connectivity index (χ2v) is 3.59. The lowest BCUT2D eigenvalue weighted by Gasteiger charge is -2.20. The van der Waals surface area contributed by atoms with Crippen LogP contribution in [0.15, 0.2) is 24.4 Å². The monoisotopic (exact) mass is 206 g/mol. The van der Waals surface area contributed by atoms with E-state index in [2.05, 4.69) is 10.3 Å². The minimum absolute atomic E-state index is 0.0528. The molecule has 0 atom stereocenters. The number of nitrogens with zero attached hydrogens (tertiary/aromatic N) is 1. The predicted molar refractivity (Wildman–Crippen MR) is 56.4 cm³/mol. The molecule has 0 spiro atoms. The maximum atomic E-state index is 11.8. The molecular weight excluding hydrogens is 192 g/mol. The molecule has 0 radical (unpaired) electrons. The fourth-order valence-corrected chi connectivity index (χ4v) is 1.62. The number of rotatable bonds is 2. The van der Waals surface area contributed by atoms with Gasteiger partial charge in [-0.2, -0.15) is 0 Å². The van der Waals surface area contributed by atoms with Crippen LogP contribution in [0.1, 0.15) is 12.8 Å². The number of aromatic nitrogens is 1. The molecule has 1 saturated heterocycles. The van der Waals surface area contributed by atoms with E-state index >= 15 is 0 Å². The Morgan fingerprint density at radius 3 is 2.87 bits per heavy atom. The molecule has 0 unspecified atom stereocenters. The van der Waals surface area contributed by atoms with Crippen LogP contribution in [-0.4, -0.2) is 24.1 Å². The SMILES string of the molecule is O=C(Nc1ccccn1)C1CCOCC1. The first-order valence-corrected chi connectivity index (χ1v) is 5.16. The van der Waals surface area contributed by atoms with Crippen molar-refractivity contribution < 1.29 is 9.53 Å². The van der Waals surface area contributed by atoms with Crippen molar-refractivity contribution >= 4 is 11.7 Å². The normalized spacial score (nSPS) is 17.3. The van der Waals surface area contributed by atoms with Gasteiger partial charge in [-0.25, -0.2) is 4.98 Å². The quantitative estimate of drug-likeness (QED) is 0.796. The first kappa shape index (κ1) is 10.1. The number of anilines is 1. The summed E-state index contributed by atoms with van der Waals surface area (Å²) in [6, 6.07) is 5.47. The fourth-order valence-electron chi connectivity index (χ4n) is 1.62. The van der Waals surface area contributed by atoms with Crippen molar-refractivity contribution in [2.75, 3.05) is 18.5 Å². The number of carbonyl (C=O) groups is 1. The Bertz CT molecular complexity index is 321. The van der Waals surface area contributed by atoms with Crippen LogP contribution in [0.3, 0.4) is 0 Å². The maximum Gasteiger partial charge on any atom is 0.228 e. The number of hydrogen-bond acceptors (Lipinski definition) is 3. The van der Waals surface area contributed by atoms with Gasteiger partial charge in [0.1, 0.15) is 5.82 Å². The van der Waals surface area contributed by atoms with E-state index in [9.17, 15) is 4.79 Å². The van der Waals surface area contributed by atoms with E-state index < -0.39 is 0 Å². The van der Waals surface area contributed by atoms with E-state index in [1.165, 1.54) is 0 Å². The van der Waals surface area contributed by atoms with Crippen LogP contribution in [0.5, 0.6) is 0 Å². The Labute approximate surface area is 88.7 Å². The van der Waals surface area contributed by atoms with E-state index in [4.69, 9.17) is 4.74 Å². The first-order chi connectivity index (χ1) is 7.36.